The van der Waals surface area contributed by atoms with Crippen LogP contribution in [0, 0.1) is 0 Å². The van der Waals surface area contributed by atoms with Crippen molar-refractivity contribution in [1.82, 2.24) is 20.4 Å². The number of amides is 2. The summed E-state index contributed by atoms with van der Waals surface area (Å²) in [5.74, 6) is 0.873. The molecule has 0 fully saturated rings. The largest absolute Gasteiger partial charge is 0.334 e. The van der Waals surface area contributed by atoms with Crippen molar-refractivity contribution in [3.8, 4) is 11.4 Å². The maximum absolute atomic E-state index is 13.2. The number of nitrogens with zero attached hydrogens (tertiary/aromatic N) is 3. The van der Waals surface area contributed by atoms with Crippen molar-refractivity contribution >= 4 is 23.2 Å². The number of hydrogen-bond donors (Lipinski definition) is 1. The Kier molecular flexibility index (Phi) is 6.64. The number of halogens is 1. The van der Waals surface area contributed by atoms with Crippen LogP contribution in [0.4, 0.5) is 4.79 Å². The van der Waals surface area contributed by atoms with Crippen LogP contribution in [0.1, 0.15) is 36.4 Å². The molecule has 0 bridgehead atoms. The number of carbonyl (C=O) groups is 1. The van der Waals surface area contributed by atoms with Crippen LogP contribution in [0.2, 0.25) is 5.02 Å². The fourth-order valence-corrected chi connectivity index (χ4v) is 4.59. The summed E-state index contributed by atoms with van der Waals surface area (Å²) < 4.78 is 5.74. The Morgan fingerprint density at radius 2 is 1.74 bits per heavy atom. The highest BCUT2D eigenvalue weighted by Crippen LogP contribution is 2.38. The van der Waals surface area contributed by atoms with E-state index in [1.807, 2.05) is 79.7 Å². The SMILES string of the molecule is CC1=C(c2nc(-c3ccccc3)no2)C(c2cccc(Cl)c2)NC(=O)N1CCCc1ccccc1. The summed E-state index contributed by atoms with van der Waals surface area (Å²) in [4.78, 5) is 19.6. The highest BCUT2D eigenvalue weighted by atomic mass is 35.5. The lowest BCUT2D eigenvalue weighted by atomic mass is 9.94. The van der Waals surface area contributed by atoms with Gasteiger partial charge in [-0.05, 0) is 43.0 Å². The van der Waals surface area contributed by atoms with Crippen molar-refractivity contribution in [3.05, 3.63) is 113 Å². The summed E-state index contributed by atoms with van der Waals surface area (Å²) in [7, 11) is 0. The van der Waals surface area contributed by atoms with Crippen LogP contribution in [0.25, 0.3) is 17.0 Å². The third kappa shape index (κ3) is 4.98. The molecule has 0 spiro atoms. The first kappa shape index (κ1) is 22.9. The van der Waals surface area contributed by atoms with Gasteiger partial charge >= 0.3 is 6.03 Å². The number of aromatic nitrogens is 2. The van der Waals surface area contributed by atoms with Gasteiger partial charge in [-0.25, -0.2) is 4.79 Å². The van der Waals surface area contributed by atoms with Crippen molar-refractivity contribution in [2.75, 3.05) is 6.54 Å². The molecule has 6 nitrogen and oxygen atoms in total. The maximum atomic E-state index is 13.2. The number of hydrogen-bond acceptors (Lipinski definition) is 4. The van der Waals surface area contributed by atoms with E-state index in [4.69, 9.17) is 21.1 Å². The van der Waals surface area contributed by atoms with E-state index >= 15 is 0 Å². The monoisotopic (exact) mass is 484 g/mol. The van der Waals surface area contributed by atoms with E-state index in [1.165, 1.54) is 5.56 Å². The normalized spacial score (nSPS) is 15.9. The second kappa shape index (κ2) is 10.2. The smallest absolute Gasteiger partial charge is 0.322 e. The molecular formula is C28H25ClN4O2. The Hall–Kier alpha value is -3.90. The van der Waals surface area contributed by atoms with Gasteiger partial charge < -0.3 is 9.84 Å². The van der Waals surface area contributed by atoms with Crippen LogP contribution in [0.5, 0.6) is 0 Å². The quantitative estimate of drug-likeness (QED) is 0.324. The minimum Gasteiger partial charge on any atom is -0.334 e. The fourth-order valence-electron chi connectivity index (χ4n) is 4.39. The van der Waals surface area contributed by atoms with Gasteiger partial charge in [-0.3, -0.25) is 4.90 Å². The Morgan fingerprint density at radius 3 is 2.49 bits per heavy atom. The first-order chi connectivity index (χ1) is 17.1. The number of rotatable bonds is 7. The van der Waals surface area contributed by atoms with E-state index in [-0.39, 0.29) is 6.03 Å². The van der Waals surface area contributed by atoms with Gasteiger partial charge in [-0.2, -0.15) is 4.98 Å². The molecule has 0 aliphatic carbocycles. The third-order valence-corrected chi connectivity index (χ3v) is 6.39. The van der Waals surface area contributed by atoms with Crippen molar-refractivity contribution in [3.63, 3.8) is 0 Å². The van der Waals surface area contributed by atoms with Crippen LogP contribution in [-0.4, -0.2) is 27.6 Å². The molecule has 4 aromatic rings. The summed E-state index contributed by atoms with van der Waals surface area (Å²) in [5, 5.41) is 7.93. The van der Waals surface area contributed by atoms with E-state index in [1.54, 1.807) is 4.90 Å². The number of carbonyl (C=O) groups excluding carboxylic acids is 1. The predicted molar refractivity (Wildman–Crippen MR) is 137 cm³/mol. The molecular weight excluding hydrogens is 460 g/mol. The number of benzene rings is 3. The number of aryl methyl sites for hydroxylation is 1. The minimum atomic E-state index is -0.462. The van der Waals surface area contributed by atoms with Gasteiger partial charge in [0.1, 0.15) is 0 Å². The minimum absolute atomic E-state index is 0.160. The molecule has 0 saturated heterocycles. The Morgan fingerprint density at radius 1 is 1.00 bits per heavy atom. The lowest BCUT2D eigenvalue weighted by Crippen LogP contribution is -2.46. The summed E-state index contributed by atoms with van der Waals surface area (Å²) in [5.41, 5.74) is 4.51. The molecule has 1 N–H and O–H groups in total. The molecule has 7 heteroatoms. The van der Waals surface area contributed by atoms with Crippen molar-refractivity contribution < 1.29 is 9.32 Å². The summed E-state index contributed by atoms with van der Waals surface area (Å²) in [6, 6.07) is 26.8. The molecule has 2 heterocycles. The molecule has 5 rings (SSSR count). The standard InChI is InChI=1S/C28H25ClN4O2/c1-19-24(27-31-26(32-35-27)21-13-6-3-7-14-21)25(22-15-8-16-23(29)18-22)30-28(34)33(19)17-9-12-20-10-4-2-5-11-20/h2-8,10-11,13-16,18,25H,9,12,17H2,1H3,(H,30,34). The van der Waals surface area contributed by atoms with E-state index in [0.29, 0.717) is 23.3 Å². The van der Waals surface area contributed by atoms with Gasteiger partial charge in [-0.15, -0.1) is 0 Å². The predicted octanol–water partition coefficient (Wildman–Crippen LogP) is 6.52. The number of urea groups is 1. The lowest BCUT2D eigenvalue weighted by molar-refractivity contribution is 0.204. The first-order valence-corrected chi connectivity index (χ1v) is 12.0. The average Bonchev–Trinajstić information content (AvgIpc) is 3.37. The van der Waals surface area contributed by atoms with E-state index in [2.05, 4.69) is 22.6 Å². The van der Waals surface area contributed by atoms with Gasteiger partial charge in [0.25, 0.3) is 5.89 Å². The second-order valence-corrected chi connectivity index (χ2v) is 8.90. The second-order valence-electron chi connectivity index (χ2n) is 8.47. The molecule has 1 aromatic heterocycles. The van der Waals surface area contributed by atoms with Gasteiger partial charge in [0.15, 0.2) is 0 Å². The number of allylic oxidation sites excluding steroid dienone is 1. The zero-order valence-electron chi connectivity index (χ0n) is 19.3. The zero-order chi connectivity index (χ0) is 24.2. The molecule has 1 aliphatic heterocycles. The van der Waals surface area contributed by atoms with Crippen LogP contribution < -0.4 is 5.32 Å². The van der Waals surface area contributed by atoms with Gasteiger partial charge in [0, 0.05) is 22.8 Å². The highest BCUT2D eigenvalue weighted by molar-refractivity contribution is 6.30. The maximum Gasteiger partial charge on any atom is 0.322 e. The van der Waals surface area contributed by atoms with Crippen molar-refractivity contribution in [1.29, 1.82) is 0 Å². The Labute approximate surface area is 209 Å². The molecule has 3 aromatic carbocycles. The molecule has 176 valence electrons. The molecule has 0 saturated carbocycles. The topological polar surface area (TPSA) is 71.3 Å². The van der Waals surface area contributed by atoms with Gasteiger partial charge in [0.05, 0.1) is 11.6 Å². The van der Waals surface area contributed by atoms with Gasteiger partial charge in [0.2, 0.25) is 5.82 Å². The summed E-state index contributed by atoms with van der Waals surface area (Å²) in [6.07, 6.45) is 1.70. The first-order valence-electron chi connectivity index (χ1n) is 11.6. The van der Waals surface area contributed by atoms with Crippen LogP contribution >= 0.6 is 11.6 Å². The van der Waals surface area contributed by atoms with Gasteiger partial charge in [-0.1, -0.05) is 89.6 Å². The van der Waals surface area contributed by atoms with E-state index < -0.39 is 6.04 Å². The third-order valence-electron chi connectivity index (χ3n) is 6.16. The summed E-state index contributed by atoms with van der Waals surface area (Å²) in [6.45, 7) is 2.50. The number of nitrogens with one attached hydrogen (secondary N) is 1. The van der Waals surface area contributed by atoms with Crippen molar-refractivity contribution in [2.45, 2.75) is 25.8 Å². The Bertz CT molecular complexity index is 1350. The van der Waals surface area contributed by atoms with E-state index in [9.17, 15) is 4.79 Å². The highest BCUT2D eigenvalue weighted by Gasteiger charge is 2.35. The van der Waals surface area contributed by atoms with Crippen LogP contribution in [-0.2, 0) is 6.42 Å². The van der Waals surface area contributed by atoms with E-state index in [0.717, 1.165) is 35.2 Å². The zero-order valence-corrected chi connectivity index (χ0v) is 20.1. The van der Waals surface area contributed by atoms with Crippen LogP contribution in [0.3, 0.4) is 0 Å². The molecule has 1 atom stereocenters. The molecule has 35 heavy (non-hydrogen) atoms. The average molecular weight is 485 g/mol. The molecule has 2 amide bonds. The summed E-state index contributed by atoms with van der Waals surface area (Å²) >= 11 is 6.28. The van der Waals surface area contributed by atoms with Crippen molar-refractivity contribution in [2.24, 2.45) is 0 Å². The lowest BCUT2D eigenvalue weighted by Gasteiger charge is -2.35. The molecule has 1 aliphatic rings. The molecule has 0 radical (unpaired) electrons. The Balaban J connectivity index is 1.50. The fraction of sp³-hybridized carbons (Fsp3) is 0.179. The van der Waals surface area contributed by atoms with Crippen LogP contribution in [0.15, 0.2) is 95.1 Å². The molecule has 1 unspecified atom stereocenters.